The minimum atomic E-state index is -3.97. The van der Waals surface area contributed by atoms with E-state index < -0.39 is 21.9 Å². The number of carbonyl (C=O) groups excluding carboxylic acids is 2. The maximum atomic E-state index is 12.4. The number of amides is 2. The van der Waals surface area contributed by atoms with Crippen LogP contribution in [-0.2, 0) is 14.9 Å². The molecule has 0 aliphatic carbocycles. The van der Waals surface area contributed by atoms with E-state index in [2.05, 4.69) is 5.32 Å². The highest BCUT2D eigenvalue weighted by atomic mass is 32.2. The molecule has 0 aliphatic heterocycles. The Morgan fingerprint density at radius 3 is 2.10 bits per heavy atom. The van der Waals surface area contributed by atoms with Gasteiger partial charge in [-0.15, -0.1) is 0 Å². The molecule has 3 aromatic carbocycles. The molecular weight excluding hydrogens is 416 g/mol. The molecular formula is C23H20N2O5S. The number of carbonyl (C=O) groups is 2. The van der Waals surface area contributed by atoms with Gasteiger partial charge in [-0.2, -0.15) is 8.42 Å². The van der Waals surface area contributed by atoms with E-state index in [0.29, 0.717) is 11.1 Å². The van der Waals surface area contributed by atoms with Crippen LogP contribution in [0.4, 0.5) is 0 Å². The Bertz CT molecular complexity index is 1220. The Morgan fingerprint density at radius 1 is 0.903 bits per heavy atom. The Labute approximate surface area is 180 Å². The van der Waals surface area contributed by atoms with Crippen LogP contribution in [0.1, 0.15) is 21.5 Å². The Morgan fingerprint density at radius 2 is 1.52 bits per heavy atom. The van der Waals surface area contributed by atoms with Gasteiger partial charge in [-0.25, -0.2) is 0 Å². The molecule has 0 fully saturated rings. The van der Waals surface area contributed by atoms with Crippen molar-refractivity contribution in [2.45, 2.75) is 11.8 Å². The zero-order valence-electron chi connectivity index (χ0n) is 16.6. The molecule has 3 aromatic rings. The molecule has 2 amide bonds. The molecule has 0 heterocycles. The summed E-state index contributed by atoms with van der Waals surface area (Å²) >= 11 is 0. The third-order valence-corrected chi connectivity index (χ3v) is 5.52. The van der Waals surface area contributed by atoms with Crippen molar-refractivity contribution in [1.29, 1.82) is 0 Å². The molecule has 0 spiro atoms. The lowest BCUT2D eigenvalue weighted by atomic mass is 10.1. The number of rotatable bonds is 7. The first-order valence-electron chi connectivity index (χ1n) is 9.24. The van der Waals surface area contributed by atoms with Gasteiger partial charge in [0.05, 0.1) is 0 Å². The summed E-state index contributed by atoms with van der Waals surface area (Å²) in [5, 5.41) is 2.48. The van der Waals surface area contributed by atoms with E-state index in [9.17, 15) is 18.0 Å². The van der Waals surface area contributed by atoms with Gasteiger partial charge in [0.15, 0.2) is 0 Å². The highest BCUT2D eigenvalue weighted by Crippen LogP contribution is 2.20. The lowest BCUT2D eigenvalue weighted by Crippen LogP contribution is -2.31. The molecule has 3 rings (SSSR count). The largest absolute Gasteiger partial charge is 0.379 e. The molecule has 0 aromatic heterocycles. The number of aryl methyl sites for hydroxylation is 1. The summed E-state index contributed by atoms with van der Waals surface area (Å²) in [6.07, 6.45) is 1.39. The quantitative estimate of drug-likeness (QED) is 0.436. The smallest absolute Gasteiger partial charge is 0.339 e. The van der Waals surface area contributed by atoms with Crippen molar-refractivity contribution in [3.05, 3.63) is 101 Å². The monoisotopic (exact) mass is 436 g/mol. The second-order valence-electron chi connectivity index (χ2n) is 6.66. The molecule has 0 bridgehead atoms. The van der Waals surface area contributed by atoms with E-state index >= 15 is 0 Å². The van der Waals surface area contributed by atoms with E-state index in [1.807, 2.05) is 6.92 Å². The highest BCUT2D eigenvalue weighted by molar-refractivity contribution is 7.87. The Hall–Kier alpha value is -3.91. The minimum absolute atomic E-state index is 0.0433. The Kier molecular flexibility index (Phi) is 6.52. The number of hydrogen-bond donors (Lipinski definition) is 2. The molecule has 0 aliphatic rings. The predicted octanol–water partition coefficient (Wildman–Crippen LogP) is 3.02. The van der Waals surface area contributed by atoms with Crippen LogP contribution >= 0.6 is 0 Å². The molecule has 8 heteroatoms. The van der Waals surface area contributed by atoms with Crippen LogP contribution in [0.3, 0.4) is 0 Å². The third kappa shape index (κ3) is 5.80. The molecule has 0 unspecified atom stereocenters. The van der Waals surface area contributed by atoms with E-state index in [-0.39, 0.29) is 16.3 Å². The summed E-state index contributed by atoms with van der Waals surface area (Å²) < 4.78 is 29.9. The fraction of sp³-hybridized carbons (Fsp3) is 0.0435. The number of nitrogens with two attached hydrogens (primary N) is 1. The van der Waals surface area contributed by atoms with Crippen molar-refractivity contribution >= 4 is 28.0 Å². The average molecular weight is 436 g/mol. The molecule has 0 saturated carbocycles. The summed E-state index contributed by atoms with van der Waals surface area (Å²) in [6.45, 7) is 1.85. The van der Waals surface area contributed by atoms with Crippen LogP contribution in [0.5, 0.6) is 5.75 Å². The van der Waals surface area contributed by atoms with Gasteiger partial charge in [-0.05, 0) is 55.0 Å². The molecule has 0 radical (unpaired) electrons. The molecule has 31 heavy (non-hydrogen) atoms. The van der Waals surface area contributed by atoms with Gasteiger partial charge in [0.2, 0.25) is 0 Å². The number of primary amides is 1. The third-order valence-electron chi connectivity index (χ3n) is 4.26. The van der Waals surface area contributed by atoms with Crippen LogP contribution in [0.2, 0.25) is 0 Å². The van der Waals surface area contributed by atoms with Gasteiger partial charge in [0.25, 0.3) is 11.8 Å². The summed E-state index contributed by atoms with van der Waals surface area (Å²) in [6, 6.07) is 20.6. The van der Waals surface area contributed by atoms with Crippen molar-refractivity contribution in [2.24, 2.45) is 5.73 Å². The van der Waals surface area contributed by atoms with Crippen LogP contribution in [0.15, 0.2) is 89.5 Å². The fourth-order valence-corrected chi connectivity index (χ4v) is 3.55. The molecule has 0 atom stereocenters. The molecule has 0 saturated heterocycles. The van der Waals surface area contributed by atoms with E-state index in [1.54, 1.807) is 42.5 Å². The number of benzene rings is 3. The normalized spacial score (nSPS) is 11.6. The molecule has 3 N–H and O–H groups in total. The fourth-order valence-electron chi connectivity index (χ4n) is 2.62. The first kappa shape index (κ1) is 21.8. The van der Waals surface area contributed by atoms with Crippen molar-refractivity contribution in [3.63, 3.8) is 0 Å². The first-order valence-corrected chi connectivity index (χ1v) is 10.6. The predicted molar refractivity (Wildman–Crippen MR) is 117 cm³/mol. The van der Waals surface area contributed by atoms with E-state index in [4.69, 9.17) is 9.92 Å². The average Bonchev–Trinajstić information content (AvgIpc) is 2.75. The lowest BCUT2D eigenvalue weighted by molar-refractivity contribution is -0.114. The lowest BCUT2D eigenvalue weighted by Gasteiger charge is -2.09. The van der Waals surface area contributed by atoms with Crippen LogP contribution in [-0.4, -0.2) is 20.2 Å². The van der Waals surface area contributed by atoms with E-state index in [0.717, 1.165) is 5.56 Å². The maximum Gasteiger partial charge on any atom is 0.339 e. The van der Waals surface area contributed by atoms with E-state index in [1.165, 1.54) is 42.5 Å². The van der Waals surface area contributed by atoms with Gasteiger partial charge < -0.3 is 15.2 Å². The van der Waals surface area contributed by atoms with Gasteiger partial charge in [0, 0.05) is 5.56 Å². The molecule has 158 valence electrons. The zero-order valence-corrected chi connectivity index (χ0v) is 17.4. The summed E-state index contributed by atoms with van der Waals surface area (Å²) in [5.74, 6) is -1.19. The maximum absolute atomic E-state index is 12.4. The zero-order chi connectivity index (χ0) is 22.4. The Balaban J connectivity index is 1.75. The van der Waals surface area contributed by atoms with Gasteiger partial charge >= 0.3 is 10.1 Å². The second-order valence-corrected chi connectivity index (χ2v) is 8.21. The summed E-state index contributed by atoms with van der Waals surface area (Å²) in [5.41, 5.74) is 7.09. The topological polar surface area (TPSA) is 116 Å². The summed E-state index contributed by atoms with van der Waals surface area (Å²) in [4.78, 5) is 24.1. The van der Waals surface area contributed by atoms with Crippen molar-refractivity contribution in [3.8, 4) is 5.75 Å². The SMILES string of the molecule is Cc1ccc(S(=O)(=O)Oc2ccc(C=C(NC(=O)c3ccccc3)C(N)=O)cc2)cc1. The first-order chi connectivity index (χ1) is 14.7. The summed E-state index contributed by atoms with van der Waals surface area (Å²) in [7, 11) is -3.97. The van der Waals surface area contributed by atoms with Crippen molar-refractivity contribution in [1.82, 2.24) is 5.32 Å². The minimum Gasteiger partial charge on any atom is -0.379 e. The highest BCUT2D eigenvalue weighted by Gasteiger charge is 2.16. The van der Waals surface area contributed by atoms with Crippen molar-refractivity contribution in [2.75, 3.05) is 0 Å². The van der Waals surface area contributed by atoms with Gasteiger partial charge in [-0.3, -0.25) is 9.59 Å². The number of hydrogen-bond acceptors (Lipinski definition) is 5. The van der Waals surface area contributed by atoms with Gasteiger partial charge in [0.1, 0.15) is 16.3 Å². The standard InChI is InChI=1S/C23H20N2O5S/c1-16-7-13-20(14-8-16)31(28,29)30-19-11-9-17(10-12-19)15-21(22(24)26)25-23(27)18-5-3-2-4-6-18/h2-15H,1H3,(H2,24,26)(H,25,27). The molecule has 7 nitrogen and oxygen atoms in total. The second kappa shape index (κ2) is 9.27. The number of nitrogens with one attached hydrogen (secondary N) is 1. The van der Waals surface area contributed by atoms with Gasteiger partial charge in [-0.1, -0.05) is 48.0 Å². The van der Waals surface area contributed by atoms with Crippen LogP contribution in [0.25, 0.3) is 6.08 Å². The van der Waals surface area contributed by atoms with Crippen molar-refractivity contribution < 1.29 is 22.2 Å². The van der Waals surface area contributed by atoms with Crippen LogP contribution < -0.4 is 15.2 Å². The van der Waals surface area contributed by atoms with Crippen LogP contribution in [0, 0.1) is 6.92 Å².